The van der Waals surface area contributed by atoms with Gasteiger partial charge in [-0.05, 0) is 36.8 Å². The van der Waals surface area contributed by atoms with Crippen LogP contribution < -0.4 is 4.90 Å². The highest BCUT2D eigenvalue weighted by molar-refractivity contribution is 8.05. The first-order valence-corrected chi connectivity index (χ1v) is 9.19. The number of thioether (sulfide) groups is 1. The lowest BCUT2D eigenvalue weighted by atomic mass is 9.91. The molecule has 0 amide bonds. The molecule has 0 fully saturated rings. The van der Waals surface area contributed by atoms with Gasteiger partial charge in [-0.3, -0.25) is 4.79 Å². The molecular formula is C20H18ClNO3S. The predicted octanol–water partition coefficient (Wildman–Crippen LogP) is 4.39. The van der Waals surface area contributed by atoms with Crippen molar-refractivity contribution in [3.05, 3.63) is 75.8 Å². The fourth-order valence-electron chi connectivity index (χ4n) is 2.87. The number of benzene rings is 2. The van der Waals surface area contributed by atoms with Crippen LogP contribution >= 0.6 is 23.4 Å². The fourth-order valence-corrected chi connectivity index (χ4v) is 4.35. The summed E-state index contributed by atoms with van der Waals surface area (Å²) in [5, 5.41) is 1.17. The highest BCUT2D eigenvalue weighted by atomic mass is 35.5. The standard InChI is InChI=1S/C20H18ClNO3S/c1-20(13-9-11-14(21)12-10-13)17(23)16(19(24)25-3)18(26-20)22(2)15-7-5-4-6-8-15/h4-12H,1-3H3. The average Bonchev–Trinajstić information content (AvgIpc) is 2.94. The van der Waals surface area contributed by atoms with Crippen LogP contribution in [0.15, 0.2) is 65.2 Å². The molecule has 1 unspecified atom stereocenters. The Balaban J connectivity index is 2.08. The van der Waals surface area contributed by atoms with Crippen LogP contribution in [0.5, 0.6) is 0 Å². The van der Waals surface area contributed by atoms with Crippen LogP contribution in [0.4, 0.5) is 5.69 Å². The van der Waals surface area contributed by atoms with Crippen LogP contribution in [-0.2, 0) is 19.1 Å². The molecule has 0 saturated heterocycles. The molecule has 0 spiro atoms. The fraction of sp³-hybridized carbons (Fsp3) is 0.200. The lowest BCUT2D eigenvalue weighted by molar-refractivity contribution is -0.138. The second kappa shape index (κ2) is 7.17. The molecule has 0 saturated carbocycles. The molecule has 6 heteroatoms. The maximum Gasteiger partial charge on any atom is 0.344 e. The number of esters is 1. The van der Waals surface area contributed by atoms with E-state index in [4.69, 9.17) is 16.3 Å². The van der Waals surface area contributed by atoms with Crippen molar-refractivity contribution in [3.8, 4) is 0 Å². The SMILES string of the molecule is COC(=O)C1=C(N(C)c2ccccc2)SC(C)(c2ccc(Cl)cc2)C1=O. The number of anilines is 1. The summed E-state index contributed by atoms with van der Waals surface area (Å²) in [6, 6.07) is 16.7. The zero-order chi connectivity index (χ0) is 18.9. The van der Waals surface area contributed by atoms with Gasteiger partial charge in [-0.15, -0.1) is 0 Å². The van der Waals surface area contributed by atoms with Crippen molar-refractivity contribution in [2.45, 2.75) is 11.7 Å². The Bertz CT molecular complexity index is 880. The van der Waals surface area contributed by atoms with E-state index in [0.29, 0.717) is 10.1 Å². The molecule has 0 bridgehead atoms. The van der Waals surface area contributed by atoms with E-state index in [9.17, 15) is 9.59 Å². The molecule has 0 aliphatic carbocycles. The van der Waals surface area contributed by atoms with Crippen molar-refractivity contribution in [1.29, 1.82) is 0 Å². The summed E-state index contributed by atoms with van der Waals surface area (Å²) in [5.74, 6) is -0.896. The van der Waals surface area contributed by atoms with Gasteiger partial charge in [-0.2, -0.15) is 0 Å². The van der Waals surface area contributed by atoms with Gasteiger partial charge in [0.15, 0.2) is 5.78 Å². The van der Waals surface area contributed by atoms with Gasteiger partial charge in [0.2, 0.25) is 0 Å². The van der Waals surface area contributed by atoms with Crippen molar-refractivity contribution < 1.29 is 14.3 Å². The van der Waals surface area contributed by atoms with Gasteiger partial charge in [0.05, 0.1) is 12.1 Å². The number of halogens is 1. The average molecular weight is 388 g/mol. The van der Waals surface area contributed by atoms with Gasteiger partial charge >= 0.3 is 5.97 Å². The van der Waals surface area contributed by atoms with E-state index >= 15 is 0 Å². The molecule has 1 atom stereocenters. The number of ketones is 1. The highest BCUT2D eigenvalue weighted by Gasteiger charge is 2.49. The summed E-state index contributed by atoms with van der Waals surface area (Å²) in [7, 11) is 3.12. The molecule has 0 radical (unpaired) electrons. The van der Waals surface area contributed by atoms with E-state index in [1.54, 1.807) is 12.1 Å². The van der Waals surface area contributed by atoms with Crippen LogP contribution in [0, 0.1) is 0 Å². The maximum absolute atomic E-state index is 13.2. The van der Waals surface area contributed by atoms with Crippen molar-refractivity contribution in [2.24, 2.45) is 0 Å². The molecule has 3 rings (SSSR count). The van der Waals surface area contributed by atoms with Gasteiger partial charge in [-0.1, -0.05) is 53.7 Å². The second-order valence-corrected chi connectivity index (χ2v) is 7.88. The molecule has 1 aliphatic rings. The van der Waals surface area contributed by atoms with Gasteiger partial charge in [0.1, 0.15) is 10.3 Å². The van der Waals surface area contributed by atoms with Gasteiger partial charge in [-0.25, -0.2) is 4.79 Å². The summed E-state index contributed by atoms with van der Waals surface area (Å²) >= 11 is 7.32. The molecule has 2 aromatic carbocycles. The number of methoxy groups -OCH3 is 1. The Hall–Kier alpha value is -2.24. The topological polar surface area (TPSA) is 46.6 Å². The minimum Gasteiger partial charge on any atom is -0.465 e. The molecular weight excluding hydrogens is 370 g/mol. The predicted molar refractivity (Wildman–Crippen MR) is 105 cm³/mol. The van der Waals surface area contributed by atoms with E-state index in [2.05, 4.69) is 0 Å². The molecule has 0 aromatic heterocycles. The van der Waals surface area contributed by atoms with Crippen molar-refractivity contribution in [2.75, 3.05) is 19.1 Å². The van der Waals surface area contributed by atoms with Gasteiger partial charge in [0, 0.05) is 17.8 Å². The molecule has 1 heterocycles. The number of carbonyl (C=O) groups is 2. The summed E-state index contributed by atoms with van der Waals surface area (Å²) in [6.07, 6.45) is 0. The van der Waals surface area contributed by atoms with Gasteiger partial charge in [0.25, 0.3) is 0 Å². The van der Waals surface area contributed by atoms with Crippen LogP contribution in [0.3, 0.4) is 0 Å². The third-order valence-electron chi connectivity index (χ3n) is 4.41. The van der Waals surface area contributed by atoms with Crippen LogP contribution in [0.2, 0.25) is 5.02 Å². The van der Waals surface area contributed by atoms with Crippen molar-refractivity contribution in [3.63, 3.8) is 0 Å². The first-order valence-electron chi connectivity index (χ1n) is 7.99. The monoisotopic (exact) mass is 387 g/mol. The van der Waals surface area contributed by atoms with Gasteiger partial charge < -0.3 is 9.64 Å². The molecule has 134 valence electrons. The molecule has 4 nitrogen and oxygen atoms in total. The Labute approximate surface area is 161 Å². The zero-order valence-corrected chi connectivity index (χ0v) is 16.2. The lowest BCUT2D eigenvalue weighted by Crippen LogP contribution is -2.28. The van der Waals surface area contributed by atoms with E-state index in [1.807, 2.05) is 61.3 Å². The van der Waals surface area contributed by atoms with E-state index in [0.717, 1.165) is 11.3 Å². The first-order chi connectivity index (χ1) is 12.4. The number of ether oxygens (including phenoxy) is 1. The quantitative estimate of drug-likeness (QED) is 0.575. The minimum absolute atomic E-state index is 0.0707. The molecule has 26 heavy (non-hydrogen) atoms. The third kappa shape index (κ3) is 3.13. The van der Waals surface area contributed by atoms with E-state index in [-0.39, 0.29) is 11.4 Å². The normalized spacial score (nSPS) is 19.6. The lowest BCUT2D eigenvalue weighted by Gasteiger charge is -2.25. The number of hydrogen-bond donors (Lipinski definition) is 0. The Morgan fingerprint density at radius 1 is 1.12 bits per heavy atom. The zero-order valence-electron chi connectivity index (χ0n) is 14.7. The summed E-state index contributed by atoms with van der Waals surface area (Å²) in [4.78, 5) is 27.4. The first kappa shape index (κ1) is 18.5. The third-order valence-corrected chi connectivity index (χ3v) is 6.16. The minimum atomic E-state index is -0.924. The number of Topliss-reactive ketones (excluding diaryl/α,β-unsaturated/α-hetero) is 1. The van der Waals surface area contributed by atoms with E-state index in [1.165, 1.54) is 18.9 Å². The second-order valence-electron chi connectivity index (χ2n) is 6.04. The number of para-hydroxylation sites is 1. The smallest absolute Gasteiger partial charge is 0.344 e. The highest BCUT2D eigenvalue weighted by Crippen LogP contribution is 2.51. The summed E-state index contributed by atoms with van der Waals surface area (Å²) in [6.45, 7) is 1.82. The van der Waals surface area contributed by atoms with Crippen molar-refractivity contribution in [1.82, 2.24) is 0 Å². The number of nitrogens with zero attached hydrogens (tertiary/aromatic N) is 1. The number of rotatable bonds is 4. The number of hydrogen-bond acceptors (Lipinski definition) is 5. The summed E-state index contributed by atoms with van der Waals surface area (Å²) < 4.78 is 3.97. The summed E-state index contributed by atoms with van der Waals surface area (Å²) in [5.41, 5.74) is 1.74. The number of carbonyl (C=O) groups excluding carboxylic acids is 2. The molecule has 0 N–H and O–H groups in total. The van der Waals surface area contributed by atoms with E-state index < -0.39 is 10.7 Å². The van der Waals surface area contributed by atoms with Crippen LogP contribution in [-0.4, -0.2) is 25.9 Å². The molecule has 2 aromatic rings. The van der Waals surface area contributed by atoms with Crippen LogP contribution in [0.25, 0.3) is 0 Å². The van der Waals surface area contributed by atoms with Crippen LogP contribution in [0.1, 0.15) is 12.5 Å². The maximum atomic E-state index is 13.2. The Morgan fingerprint density at radius 2 is 1.73 bits per heavy atom. The van der Waals surface area contributed by atoms with Crippen molar-refractivity contribution >= 4 is 40.8 Å². The Morgan fingerprint density at radius 3 is 2.31 bits per heavy atom. The Kier molecular flexibility index (Phi) is 5.12. The largest absolute Gasteiger partial charge is 0.465 e. The molecule has 1 aliphatic heterocycles.